The number of aromatic nitrogens is 3. The number of nitrogens with zero attached hydrogens (tertiary/aromatic N) is 3. The highest BCUT2D eigenvalue weighted by atomic mass is 15.3. The summed E-state index contributed by atoms with van der Waals surface area (Å²) < 4.78 is 0. The second kappa shape index (κ2) is 7.75. The molecule has 128 valence electrons. The molecule has 0 aliphatic heterocycles. The Bertz CT molecular complexity index is 860. The second-order valence-corrected chi connectivity index (χ2v) is 5.89. The number of hydrogen-bond donors (Lipinski definition) is 2. The summed E-state index contributed by atoms with van der Waals surface area (Å²) in [6.45, 7) is 6.36. The van der Waals surface area contributed by atoms with Gasteiger partial charge in [-0.15, -0.1) is 5.10 Å². The van der Waals surface area contributed by atoms with E-state index >= 15 is 0 Å². The van der Waals surface area contributed by atoms with Gasteiger partial charge in [0.1, 0.15) is 0 Å². The zero-order valence-electron chi connectivity index (χ0n) is 14.9. The third-order valence-corrected chi connectivity index (χ3v) is 4.20. The lowest BCUT2D eigenvalue weighted by molar-refractivity contribution is 0.978. The molecule has 0 saturated heterocycles. The standard InChI is InChI=1S/C20H23N5/c1-4-15-10-6-7-12-17(15)22-20-24-18(13-21-25-20)23-19-14(3)9-8-11-16(19)5-2/h6-13H,4-5H2,1-3H3,(H2,22,23,24,25). The van der Waals surface area contributed by atoms with E-state index in [4.69, 9.17) is 0 Å². The maximum atomic E-state index is 4.56. The summed E-state index contributed by atoms with van der Waals surface area (Å²) in [5.74, 6) is 1.16. The van der Waals surface area contributed by atoms with Gasteiger partial charge in [0.15, 0.2) is 5.82 Å². The molecule has 25 heavy (non-hydrogen) atoms. The maximum Gasteiger partial charge on any atom is 0.249 e. The van der Waals surface area contributed by atoms with Crippen molar-refractivity contribution in [2.75, 3.05) is 10.6 Å². The molecular formula is C20H23N5. The van der Waals surface area contributed by atoms with Crippen LogP contribution in [0.4, 0.5) is 23.1 Å². The Labute approximate surface area is 148 Å². The molecule has 3 aromatic rings. The van der Waals surface area contributed by atoms with Crippen LogP contribution in [0.25, 0.3) is 0 Å². The molecule has 2 N–H and O–H groups in total. The van der Waals surface area contributed by atoms with Crippen molar-refractivity contribution < 1.29 is 0 Å². The van der Waals surface area contributed by atoms with Gasteiger partial charge < -0.3 is 10.6 Å². The third-order valence-electron chi connectivity index (χ3n) is 4.20. The highest BCUT2D eigenvalue weighted by molar-refractivity contribution is 5.65. The number of hydrogen-bond acceptors (Lipinski definition) is 5. The van der Waals surface area contributed by atoms with Gasteiger partial charge in [0.2, 0.25) is 5.95 Å². The monoisotopic (exact) mass is 333 g/mol. The van der Waals surface area contributed by atoms with Crippen molar-refractivity contribution in [1.29, 1.82) is 0 Å². The zero-order chi connectivity index (χ0) is 17.6. The van der Waals surface area contributed by atoms with Crippen LogP contribution in [0.15, 0.2) is 48.7 Å². The Balaban J connectivity index is 1.85. The van der Waals surface area contributed by atoms with Crippen molar-refractivity contribution in [3.8, 4) is 0 Å². The molecule has 0 spiro atoms. The van der Waals surface area contributed by atoms with E-state index < -0.39 is 0 Å². The topological polar surface area (TPSA) is 62.7 Å². The Morgan fingerprint density at radius 1 is 0.880 bits per heavy atom. The molecule has 1 heterocycles. The fraction of sp³-hybridized carbons (Fsp3) is 0.250. The smallest absolute Gasteiger partial charge is 0.249 e. The molecule has 0 saturated carbocycles. The number of nitrogens with one attached hydrogen (secondary N) is 2. The molecule has 0 unspecified atom stereocenters. The van der Waals surface area contributed by atoms with Gasteiger partial charge in [0.05, 0.1) is 6.20 Å². The number of anilines is 4. The van der Waals surface area contributed by atoms with E-state index in [1.165, 1.54) is 16.7 Å². The van der Waals surface area contributed by atoms with Crippen LogP contribution >= 0.6 is 0 Å². The van der Waals surface area contributed by atoms with Crippen LogP contribution in [0.1, 0.15) is 30.5 Å². The molecule has 0 amide bonds. The summed E-state index contributed by atoms with van der Waals surface area (Å²) >= 11 is 0. The first-order chi connectivity index (χ1) is 12.2. The second-order valence-electron chi connectivity index (χ2n) is 5.89. The van der Waals surface area contributed by atoms with Gasteiger partial charge in [0.25, 0.3) is 0 Å². The lowest BCUT2D eigenvalue weighted by atomic mass is 10.1. The largest absolute Gasteiger partial charge is 0.338 e. The third kappa shape index (κ3) is 3.94. The van der Waals surface area contributed by atoms with Crippen LogP contribution < -0.4 is 10.6 Å². The Hall–Kier alpha value is -2.95. The fourth-order valence-corrected chi connectivity index (χ4v) is 2.82. The normalized spacial score (nSPS) is 10.5. The molecule has 5 heteroatoms. The SMILES string of the molecule is CCc1ccccc1Nc1nncc(Nc2c(C)cccc2CC)n1. The predicted molar refractivity (Wildman–Crippen MR) is 103 cm³/mol. The first-order valence-corrected chi connectivity index (χ1v) is 8.61. The van der Waals surface area contributed by atoms with E-state index in [-0.39, 0.29) is 0 Å². The maximum absolute atomic E-state index is 4.56. The predicted octanol–water partition coefficient (Wildman–Crippen LogP) is 4.79. The summed E-state index contributed by atoms with van der Waals surface area (Å²) in [5.41, 5.74) is 5.75. The number of benzene rings is 2. The molecule has 3 rings (SSSR count). The number of rotatable bonds is 6. The average molecular weight is 333 g/mol. The van der Waals surface area contributed by atoms with Gasteiger partial charge in [-0.25, -0.2) is 0 Å². The van der Waals surface area contributed by atoms with Gasteiger partial charge in [-0.1, -0.05) is 50.2 Å². The molecule has 1 aromatic heterocycles. The van der Waals surface area contributed by atoms with Crippen molar-refractivity contribution in [2.24, 2.45) is 0 Å². The summed E-state index contributed by atoms with van der Waals surface area (Å²) in [4.78, 5) is 4.56. The van der Waals surface area contributed by atoms with E-state index in [0.717, 1.165) is 24.2 Å². The van der Waals surface area contributed by atoms with E-state index in [1.54, 1.807) is 6.20 Å². The van der Waals surface area contributed by atoms with Crippen molar-refractivity contribution in [3.05, 3.63) is 65.4 Å². The summed E-state index contributed by atoms with van der Waals surface area (Å²) in [6.07, 6.45) is 3.54. The first-order valence-electron chi connectivity index (χ1n) is 8.61. The van der Waals surface area contributed by atoms with Crippen molar-refractivity contribution in [1.82, 2.24) is 15.2 Å². The highest BCUT2D eigenvalue weighted by Crippen LogP contribution is 2.25. The molecule has 0 fully saturated rings. The van der Waals surface area contributed by atoms with Gasteiger partial charge >= 0.3 is 0 Å². The van der Waals surface area contributed by atoms with Crippen LogP contribution in [-0.4, -0.2) is 15.2 Å². The molecule has 0 aliphatic rings. The van der Waals surface area contributed by atoms with Crippen molar-refractivity contribution in [3.63, 3.8) is 0 Å². The zero-order valence-corrected chi connectivity index (χ0v) is 14.9. The van der Waals surface area contributed by atoms with Gasteiger partial charge in [-0.3, -0.25) is 0 Å². The van der Waals surface area contributed by atoms with Crippen LogP contribution in [-0.2, 0) is 12.8 Å². The minimum absolute atomic E-state index is 0.484. The Morgan fingerprint density at radius 3 is 2.44 bits per heavy atom. The summed E-state index contributed by atoms with van der Waals surface area (Å²) in [6, 6.07) is 14.4. The molecule has 5 nitrogen and oxygen atoms in total. The lowest BCUT2D eigenvalue weighted by Gasteiger charge is -2.14. The van der Waals surface area contributed by atoms with Gasteiger partial charge in [-0.05, 0) is 42.5 Å². The molecular weight excluding hydrogens is 310 g/mol. The Morgan fingerprint density at radius 2 is 1.64 bits per heavy atom. The minimum atomic E-state index is 0.484. The highest BCUT2D eigenvalue weighted by Gasteiger charge is 2.08. The average Bonchev–Trinajstić information content (AvgIpc) is 2.64. The quantitative estimate of drug-likeness (QED) is 0.679. The summed E-state index contributed by atoms with van der Waals surface area (Å²) in [5, 5.41) is 14.8. The number of aryl methyl sites for hydroxylation is 3. The van der Waals surface area contributed by atoms with Crippen LogP contribution in [0.3, 0.4) is 0 Å². The van der Waals surface area contributed by atoms with E-state index in [0.29, 0.717) is 11.8 Å². The van der Waals surface area contributed by atoms with Crippen molar-refractivity contribution >= 4 is 23.1 Å². The van der Waals surface area contributed by atoms with Crippen LogP contribution in [0.2, 0.25) is 0 Å². The minimum Gasteiger partial charge on any atom is -0.338 e. The van der Waals surface area contributed by atoms with Gasteiger partial charge in [-0.2, -0.15) is 10.1 Å². The molecule has 0 radical (unpaired) electrons. The van der Waals surface area contributed by atoms with E-state index in [9.17, 15) is 0 Å². The van der Waals surface area contributed by atoms with Crippen LogP contribution in [0, 0.1) is 6.92 Å². The lowest BCUT2D eigenvalue weighted by Crippen LogP contribution is -2.05. The van der Waals surface area contributed by atoms with E-state index in [2.05, 4.69) is 70.9 Å². The molecule has 0 atom stereocenters. The summed E-state index contributed by atoms with van der Waals surface area (Å²) in [7, 11) is 0. The number of para-hydroxylation sites is 2. The molecule has 0 aliphatic carbocycles. The molecule has 2 aromatic carbocycles. The van der Waals surface area contributed by atoms with Gasteiger partial charge in [0, 0.05) is 11.4 Å². The van der Waals surface area contributed by atoms with E-state index in [1.807, 2.05) is 18.2 Å². The molecule has 0 bridgehead atoms. The first kappa shape index (κ1) is 16.9. The van der Waals surface area contributed by atoms with Crippen molar-refractivity contribution in [2.45, 2.75) is 33.6 Å². The van der Waals surface area contributed by atoms with Crippen LogP contribution in [0.5, 0.6) is 0 Å². The fourth-order valence-electron chi connectivity index (χ4n) is 2.82. The Kier molecular flexibility index (Phi) is 5.23.